The fraction of sp³-hybridized carbons (Fsp3) is 0.222. The molecule has 0 saturated carbocycles. The summed E-state index contributed by atoms with van der Waals surface area (Å²) in [6.45, 7) is 2.06. The minimum atomic E-state index is -0.774. The molecule has 6 heteroatoms. The van der Waals surface area contributed by atoms with Gasteiger partial charge in [-0.05, 0) is 36.2 Å². The monoisotopic (exact) mass is 320 g/mol. The SMILES string of the molecule is CCc1ccc(N2C(=O)[C@H]3N=NN(c4ccccc4)[C@H]3C2=O)cc1. The number of aryl methyl sites for hydroxylation is 1. The highest BCUT2D eigenvalue weighted by Crippen LogP contribution is 2.34. The van der Waals surface area contributed by atoms with Crippen molar-refractivity contribution in [2.24, 2.45) is 10.3 Å². The maximum absolute atomic E-state index is 12.9. The van der Waals surface area contributed by atoms with E-state index < -0.39 is 12.1 Å². The lowest BCUT2D eigenvalue weighted by molar-refractivity contribution is -0.121. The molecule has 2 amide bonds. The van der Waals surface area contributed by atoms with Gasteiger partial charge in [0.15, 0.2) is 12.1 Å². The highest BCUT2D eigenvalue weighted by molar-refractivity contribution is 6.26. The van der Waals surface area contributed by atoms with E-state index in [0.717, 1.165) is 17.7 Å². The topological polar surface area (TPSA) is 65.3 Å². The van der Waals surface area contributed by atoms with E-state index in [2.05, 4.69) is 17.3 Å². The normalized spacial score (nSPS) is 22.4. The Labute approximate surface area is 139 Å². The van der Waals surface area contributed by atoms with Crippen molar-refractivity contribution in [3.05, 3.63) is 60.2 Å². The molecular formula is C18H16N4O2. The second kappa shape index (κ2) is 5.56. The van der Waals surface area contributed by atoms with Crippen LogP contribution in [0.25, 0.3) is 0 Å². The average molecular weight is 320 g/mol. The van der Waals surface area contributed by atoms with Crippen LogP contribution in [0.4, 0.5) is 11.4 Å². The third-order valence-electron chi connectivity index (χ3n) is 4.41. The number of para-hydroxylation sites is 1. The molecule has 2 heterocycles. The van der Waals surface area contributed by atoms with Gasteiger partial charge in [0.2, 0.25) is 0 Å². The molecule has 4 rings (SSSR count). The van der Waals surface area contributed by atoms with Crippen molar-refractivity contribution in [3.63, 3.8) is 0 Å². The highest BCUT2D eigenvalue weighted by atomic mass is 16.2. The fourth-order valence-electron chi connectivity index (χ4n) is 3.09. The zero-order valence-corrected chi connectivity index (χ0v) is 13.2. The minimum Gasteiger partial charge on any atom is -0.271 e. The third-order valence-corrected chi connectivity index (χ3v) is 4.41. The van der Waals surface area contributed by atoms with Gasteiger partial charge in [-0.2, -0.15) is 5.11 Å². The number of fused-ring (bicyclic) bond motifs is 1. The van der Waals surface area contributed by atoms with Crippen LogP contribution >= 0.6 is 0 Å². The molecular weight excluding hydrogens is 304 g/mol. The first kappa shape index (κ1) is 14.6. The van der Waals surface area contributed by atoms with E-state index in [9.17, 15) is 9.59 Å². The van der Waals surface area contributed by atoms with Gasteiger partial charge in [0.05, 0.1) is 11.4 Å². The minimum absolute atomic E-state index is 0.289. The van der Waals surface area contributed by atoms with Crippen molar-refractivity contribution in [1.29, 1.82) is 0 Å². The highest BCUT2D eigenvalue weighted by Gasteiger charge is 2.55. The first-order chi connectivity index (χ1) is 11.7. The summed E-state index contributed by atoms with van der Waals surface area (Å²) in [5, 5.41) is 9.61. The number of benzene rings is 2. The smallest absolute Gasteiger partial charge is 0.263 e. The summed E-state index contributed by atoms with van der Waals surface area (Å²) in [6, 6.07) is 15.3. The number of carbonyl (C=O) groups is 2. The van der Waals surface area contributed by atoms with Crippen LogP contribution in [0.15, 0.2) is 64.9 Å². The van der Waals surface area contributed by atoms with Crippen LogP contribution in [0.3, 0.4) is 0 Å². The quantitative estimate of drug-likeness (QED) is 0.817. The van der Waals surface area contributed by atoms with Crippen molar-refractivity contribution < 1.29 is 9.59 Å². The molecule has 120 valence electrons. The number of nitrogens with zero attached hydrogens (tertiary/aromatic N) is 4. The second-order valence-corrected chi connectivity index (χ2v) is 5.81. The Kier molecular flexibility index (Phi) is 3.37. The van der Waals surface area contributed by atoms with Crippen LogP contribution in [0, 0.1) is 0 Å². The molecule has 1 fully saturated rings. The summed E-state index contributed by atoms with van der Waals surface area (Å²) in [6.07, 6.45) is 0.906. The summed E-state index contributed by atoms with van der Waals surface area (Å²) in [5.41, 5.74) is 2.49. The molecule has 24 heavy (non-hydrogen) atoms. The summed E-state index contributed by atoms with van der Waals surface area (Å²) in [7, 11) is 0. The lowest BCUT2D eigenvalue weighted by atomic mass is 10.1. The van der Waals surface area contributed by atoms with Gasteiger partial charge < -0.3 is 0 Å². The summed E-state index contributed by atoms with van der Waals surface area (Å²) in [4.78, 5) is 26.8. The molecule has 0 spiro atoms. The molecule has 2 aliphatic rings. The van der Waals surface area contributed by atoms with Gasteiger partial charge in [0.25, 0.3) is 11.8 Å². The first-order valence-corrected chi connectivity index (χ1v) is 7.92. The van der Waals surface area contributed by atoms with Gasteiger partial charge in [0.1, 0.15) is 0 Å². The van der Waals surface area contributed by atoms with Crippen LogP contribution in [0.2, 0.25) is 0 Å². The number of hydrogen-bond donors (Lipinski definition) is 0. The Hall–Kier alpha value is -3.02. The fourth-order valence-corrected chi connectivity index (χ4v) is 3.09. The molecule has 2 aliphatic heterocycles. The molecule has 1 saturated heterocycles. The molecule has 0 N–H and O–H groups in total. The van der Waals surface area contributed by atoms with Gasteiger partial charge in [0, 0.05) is 0 Å². The molecule has 2 aromatic rings. The second-order valence-electron chi connectivity index (χ2n) is 5.81. The Balaban J connectivity index is 1.67. The van der Waals surface area contributed by atoms with Gasteiger partial charge in [-0.3, -0.25) is 9.59 Å². The summed E-state index contributed by atoms with van der Waals surface area (Å²) >= 11 is 0. The van der Waals surface area contributed by atoms with Crippen molar-refractivity contribution in [2.75, 3.05) is 9.91 Å². The van der Waals surface area contributed by atoms with Crippen LogP contribution in [0.1, 0.15) is 12.5 Å². The van der Waals surface area contributed by atoms with Crippen molar-refractivity contribution in [2.45, 2.75) is 25.4 Å². The van der Waals surface area contributed by atoms with E-state index >= 15 is 0 Å². The third kappa shape index (κ3) is 2.11. The summed E-state index contributed by atoms with van der Waals surface area (Å²) < 4.78 is 0. The van der Waals surface area contributed by atoms with Crippen LogP contribution in [-0.4, -0.2) is 23.9 Å². The molecule has 0 aliphatic carbocycles. The molecule has 0 unspecified atom stereocenters. The predicted molar refractivity (Wildman–Crippen MR) is 89.7 cm³/mol. The Morgan fingerprint density at radius 1 is 0.917 bits per heavy atom. The van der Waals surface area contributed by atoms with E-state index in [4.69, 9.17) is 0 Å². The van der Waals surface area contributed by atoms with Crippen molar-refractivity contribution >= 4 is 23.2 Å². The molecule has 6 nitrogen and oxygen atoms in total. The van der Waals surface area contributed by atoms with Crippen LogP contribution < -0.4 is 9.91 Å². The van der Waals surface area contributed by atoms with Gasteiger partial charge in [-0.25, -0.2) is 9.91 Å². The lowest BCUT2D eigenvalue weighted by Crippen LogP contribution is -2.39. The van der Waals surface area contributed by atoms with Crippen molar-refractivity contribution in [3.8, 4) is 0 Å². The predicted octanol–water partition coefficient (Wildman–Crippen LogP) is 2.75. The van der Waals surface area contributed by atoms with E-state index in [1.165, 1.54) is 9.91 Å². The average Bonchev–Trinajstić information content (AvgIpc) is 3.17. The number of anilines is 2. The lowest BCUT2D eigenvalue weighted by Gasteiger charge is -2.20. The first-order valence-electron chi connectivity index (χ1n) is 7.92. The number of amides is 2. The molecule has 2 atom stereocenters. The van der Waals surface area contributed by atoms with E-state index in [1.807, 2.05) is 42.5 Å². The zero-order chi connectivity index (χ0) is 16.7. The van der Waals surface area contributed by atoms with Crippen LogP contribution in [-0.2, 0) is 16.0 Å². The van der Waals surface area contributed by atoms with E-state index in [1.54, 1.807) is 12.1 Å². The van der Waals surface area contributed by atoms with Gasteiger partial charge in [-0.1, -0.05) is 42.5 Å². The summed E-state index contributed by atoms with van der Waals surface area (Å²) in [5.74, 6) is -0.612. The Bertz CT molecular complexity index is 817. The standard InChI is InChI=1S/C18H16N4O2/c1-2-12-8-10-13(11-9-12)21-17(23)15-16(18(21)24)22(20-19-15)14-6-4-3-5-7-14/h3-11,15-16H,2H2,1H3/t15-,16+/m0/s1. The van der Waals surface area contributed by atoms with Crippen LogP contribution in [0.5, 0.6) is 0 Å². The molecule has 0 bridgehead atoms. The molecule has 0 aromatic heterocycles. The number of carbonyl (C=O) groups excluding carboxylic acids is 2. The molecule has 2 aromatic carbocycles. The van der Waals surface area contributed by atoms with Gasteiger partial charge >= 0.3 is 0 Å². The largest absolute Gasteiger partial charge is 0.271 e. The maximum atomic E-state index is 12.9. The van der Waals surface area contributed by atoms with Crippen molar-refractivity contribution in [1.82, 2.24) is 0 Å². The van der Waals surface area contributed by atoms with E-state index in [0.29, 0.717) is 5.69 Å². The number of hydrogen-bond acceptors (Lipinski definition) is 5. The van der Waals surface area contributed by atoms with Gasteiger partial charge in [-0.15, -0.1) is 0 Å². The zero-order valence-electron chi connectivity index (χ0n) is 13.2. The maximum Gasteiger partial charge on any atom is 0.263 e. The number of imide groups is 1. The number of rotatable bonds is 3. The Morgan fingerprint density at radius 3 is 2.29 bits per heavy atom. The molecule has 0 radical (unpaired) electrons. The van der Waals surface area contributed by atoms with E-state index in [-0.39, 0.29) is 11.8 Å². The Morgan fingerprint density at radius 2 is 1.62 bits per heavy atom.